The lowest BCUT2D eigenvalue weighted by Gasteiger charge is -2.24. The molecule has 0 saturated heterocycles. The van der Waals surface area contributed by atoms with Crippen molar-refractivity contribution in [3.63, 3.8) is 0 Å². The molecule has 2 heterocycles. The molecule has 4 aromatic rings. The number of nitrogens with one attached hydrogen (secondary N) is 1. The molecule has 0 aliphatic carbocycles. The summed E-state index contributed by atoms with van der Waals surface area (Å²) in [4.78, 5) is 12.2. The van der Waals surface area contributed by atoms with Crippen molar-refractivity contribution in [3.05, 3.63) is 83.7 Å². The van der Waals surface area contributed by atoms with Gasteiger partial charge in [0.15, 0.2) is 43.9 Å². The van der Waals surface area contributed by atoms with E-state index in [2.05, 4.69) is 4.52 Å². The maximum absolute atomic E-state index is 15.0. The van der Waals surface area contributed by atoms with Gasteiger partial charge in [0.2, 0.25) is 5.82 Å². The third kappa shape index (κ3) is 6.38. The van der Waals surface area contributed by atoms with Gasteiger partial charge in [-0.15, -0.1) is 11.3 Å². The fraction of sp³-hybridized carbons (Fsp3) is 0.130. The Hall–Kier alpha value is -3.54. The number of aromatic nitrogens is 1. The standard InChI is InChI=1S/C23H16F4N3O6PS2/c24-17-10-15(5-4-14(17)12-28)36-37(31,32)13-29-39(33,34)18-11-16-19(25)20(26)22(21(27)23(16)38-18)35-9-8-30-6-2-1-3-7-30/h1-7,10-11,29H,8-9,13H2. The molecule has 0 fully saturated rings. The summed E-state index contributed by atoms with van der Waals surface area (Å²) in [5.74, 6) is -7.12. The molecular weight excluding hydrogens is 585 g/mol. The van der Waals surface area contributed by atoms with Gasteiger partial charge in [-0.3, -0.25) is 4.57 Å². The topological polar surface area (TPSA) is 132 Å². The number of ether oxygens (including phenoxy) is 1. The SMILES string of the molecule is N#Cc1ccc(OP(=O)([O-])CNS(=O)(=O)c2cc3c(F)c(F)c(OCC[n+]4ccccc4)c(F)c3s2)cc1F. The summed E-state index contributed by atoms with van der Waals surface area (Å²) in [6.07, 6.45) is 2.05. The predicted molar refractivity (Wildman–Crippen MR) is 128 cm³/mol. The van der Waals surface area contributed by atoms with Crippen molar-refractivity contribution >= 4 is 39.0 Å². The first-order valence-corrected chi connectivity index (χ1v) is 14.8. The van der Waals surface area contributed by atoms with Crippen LogP contribution in [0, 0.1) is 34.6 Å². The molecule has 0 bridgehead atoms. The molecule has 204 valence electrons. The monoisotopic (exact) mass is 601 g/mol. The van der Waals surface area contributed by atoms with Crippen LogP contribution in [0.1, 0.15) is 5.56 Å². The van der Waals surface area contributed by atoms with Crippen molar-refractivity contribution in [3.8, 4) is 17.6 Å². The molecule has 39 heavy (non-hydrogen) atoms. The van der Waals surface area contributed by atoms with E-state index in [0.717, 1.165) is 12.1 Å². The van der Waals surface area contributed by atoms with Crippen molar-refractivity contribution in [1.82, 2.24) is 4.72 Å². The number of nitriles is 1. The second kappa shape index (κ2) is 11.3. The number of rotatable bonds is 10. The highest BCUT2D eigenvalue weighted by atomic mass is 32.2. The lowest BCUT2D eigenvalue weighted by atomic mass is 10.2. The number of hydrogen-bond donors (Lipinski definition) is 1. The molecule has 1 atom stereocenters. The average molecular weight is 601 g/mol. The van der Waals surface area contributed by atoms with Crippen molar-refractivity contribution in [2.75, 3.05) is 12.9 Å². The Morgan fingerprint density at radius 3 is 2.46 bits per heavy atom. The van der Waals surface area contributed by atoms with Crippen LogP contribution in [0.2, 0.25) is 0 Å². The van der Waals surface area contributed by atoms with Gasteiger partial charge in [-0.25, -0.2) is 30.9 Å². The largest absolute Gasteiger partial charge is 0.768 e. The van der Waals surface area contributed by atoms with Crippen molar-refractivity contribution < 1.29 is 49.3 Å². The van der Waals surface area contributed by atoms with Gasteiger partial charge < -0.3 is 14.2 Å². The molecule has 4 rings (SSSR count). The second-order valence-corrected chi connectivity index (χ2v) is 12.6. The first-order chi connectivity index (χ1) is 18.4. The number of nitrogens with zero attached hydrogens (tertiary/aromatic N) is 2. The molecule has 0 saturated carbocycles. The van der Waals surface area contributed by atoms with Crippen molar-refractivity contribution in [2.24, 2.45) is 0 Å². The van der Waals surface area contributed by atoms with Crippen LogP contribution in [0.4, 0.5) is 17.6 Å². The summed E-state index contributed by atoms with van der Waals surface area (Å²) >= 11 is 0.228. The Balaban J connectivity index is 1.52. The van der Waals surface area contributed by atoms with Gasteiger partial charge in [-0.05, 0) is 18.2 Å². The van der Waals surface area contributed by atoms with Crippen LogP contribution >= 0.6 is 18.9 Å². The predicted octanol–water partition coefficient (Wildman–Crippen LogP) is 3.56. The van der Waals surface area contributed by atoms with E-state index in [4.69, 9.17) is 10.00 Å². The summed E-state index contributed by atoms with van der Waals surface area (Å²) in [6.45, 7) is -0.0483. The van der Waals surface area contributed by atoms with Crippen LogP contribution in [-0.2, 0) is 21.1 Å². The van der Waals surface area contributed by atoms with Gasteiger partial charge in [-0.1, -0.05) is 6.07 Å². The van der Waals surface area contributed by atoms with E-state index in [0.29, 0.717) is 12.1 Å². The molecule has 0 spiro atoms. The number of thiophene rings is 1. The van der Waals surface area contributed by atoms with E-state index in [1.54, 1.807) is 39.9 Å². The highest BCUT2D eigenvalue weighted by Gasteiger charge is 2.28. The van der Waals surface area contributed by atoms with Crippen LogP contribution in [0.3, 0.4) is 0 Å². The number of benzene rings is 2. The summed E-state index contributed by atoms with van der Waals surface area (Å²) in [6, 6.07) is 9.98. The minimum absolute atomic E-state index is 0.180. The Labute approximate surface area is 223 Å². The maximum Gasteiger partial charge on any atom is 0.250 e. The highest BCUT2D eigenvalue weighted by molar-refractivity contribution is 7.92. The Morgan fingerprint density at radius 2 is 1.79 bits per heavy atom. The van der Waals surface area contributed by atoms with Gasteiger partial charge >= 0.3 is 0 Å². The van der Waals surface area contributed by atoms with E-state index >= 15 is 4.39 Å². The van der Waals surface area contributed by atoms with Gasteiger partial charge in [-0.2, -0.15) is 9.65 Å². The van der Waals surface area contributed by atoms with Gasteiger partial charge in [0, 0.05) is 23.6 Å². The van der Waals surface area contributed by atoms with E-state index in [-0.39, 0.29) is 30.1 Å². The Kier molecular flexibility index (Phi) is 8.24. The second-order valence-electron chi connectivity index (χ2n) is 7.80. The number of fused-ring (bicyclic) bond motifs is 1. The zero-order chi connectivity index (χ0) is 28.4. The van der Waals surface area contributed by atoms with Crippen LogP contribution in [-0.4, -0.2) is 21.3 Å². The van der Waals surface area contributed by atoms with E-state index < -0.39 is 73.0 Å². The maximum atomic E-state index is 15.0. The minimum atomic E-state index is -5.00. The molecule has 1 N–H and O–H groups in total. The molecule has 2 aromatic carbocycles. The molecule has 2 aromatic heterocycles. The minimum Gasteiger partial charge on any atom is -0.768 e. The van der Waals surface area contributed by atoms with Gasteiger partial charge in [0.1, 0.15) is 28.5 Å². The third-order valence-corrected chi connectivity index (χ3v) is 9.38. The lowest BCUT2D eigenvalue weighted by molar-refractivity contribution is -0.697. The van der Waals surface area contributed by atoms with E-state index in [1.165, 1.54) is 6.07 Å². The lowest BCUT2D eigenvalue weighted by Crippen LogP contribution is -2.35. The molecule has 0 radical (unpaired) electrons. The van der Waals surface area contributed by atoms with Gasteiger partial charge in [0.05, 0.1) is 16.5 Å². The first-order valence-electron chi connectivity index (χ1n) is 10.8. The van der Waals surface area contributed by atoms with Crippen LogP contribution < -0.4 is 23.4 Å². The molecule has 0 aliphatic rings. The molecule has 0 aliphatic heterocycles. The first kappa shape index (κ1) is 28.5. The Morgan fingerprint density at radius 1 is 1.08 bits per heavy atom. The third-order valence-electron chi connectivity index (χ3n) is 5.13. The van der Waals surface area contributed by atoms with Crippen molar-refractivity contribution in [1.29, 1.82) is 5.26 Å². The zero-order valence-electron chi connectivity index (χ0n) is 19.4. The van der Waals surface area contributed by atoms with E-state index in [1.807, 2.05) is 0 Å². The van der Waals surface area contributed by atoms with Crippen LogP contribution in [0.25, 0.3) is 10.1 Å². The summed E-state index contributed by atoms with van der Waals surface area (Å²) in [5.41, 5.74) is -0.368. The fourth-order valence-corrected chi connectivity index (χ4v) is 7.19. The average Bonchev–Trinajstić information content (AvgIpc) is 3.36. The summed E-state index contributed by atoms with van der Waals surface area (Å²) in [5, 5.41) is 8.04. The number of hydrogen-bond acceptors (Lipinski definition) is 8. The Bertz CT molecular complexity index is 1750. The quantitative estimate of drug-likeness (QED) is 0.127. The zero-order valence-corrected chi connectivity index (χ0v) is 22.0. The smallest absolute Gasteiger partial charge is 0.250 e. The number of sulfonamides is 1. The summed E-state index contributed by atoms with van der Waals surface area (Å²) < 4.78 is 107. The number of pyridine rings is 1. The van der Waals surface area contributed by atoms with Gasteiger partial charge in [0.25, 0.3) is 10.0 Å². The van der Waals surface area contributed by atoms with Crippen molar-refractivity contribution in [2.45, 2.75) is 10.8 Å². The highest BCUT2D eigenvalue weighted by Crippen LogP contribution is 2.41. The fourth-order valence-electron chi connectivity index (χ4n) is 3.28. The molecule has 1 unspecified atom stereocenters. The van der Waals surface area contributed by atoms with Crippen LogP contribution in [0.5, 0.6) is 11.5 Å². The number of halogens is 4. The van der Waals surface area contributed by atoms with E-state index in [9.17, 15) is 31.0 Å². The molecule has 9 nitrogen and oxygen atoms in total. The summed E-state index contributed by atoms with van der Waals surface area (Å²) in [7, 11) is -9.68. The molecular formula is C23H16F4N3O6PS2. The van der Waals surface area contributed by atoms with Crippen LogP contribution in [0.15, 0.2) is 59.1 Å². The molecule has 0 amide bonds. The molecule has 16 heteroatoms. The normalized spacial score (nSPS) is 13.1.